The Bertz CT molecular complexity index is 567. The predicted octanol–water partition coefficient (Wildman–Crippen LogP) is 1.91. The van der Waals surface area contributed by atoms with Gasteiger partial charge in [-0.05, 0) is 25.0 Å². The van der Waals surface area contributed by atoms with Crippen molar-refractivity contribution in [2.24, 2.45) is 10.4 Å². The van der Waals surface area contributed by atoms with Crippen molar-refractivity contribution >= 4 is 29.9 Å². The van der Waals surface area contributed by atoms with Crippen LogP contribution in [0.5, 0.6) is 5.88 Å². The van der Waals surface area contributed by atoms with E-state index in [-0.39, 0.29) is 29.9 Å². The lowest BCUT2D eigenvalue weighted by Gasteiger charge is -2.24. The molecule has 0 aliphatic carbocycles. The SMILES string of the molecule is CN=C(NCCOc1ncccc1F)N1CCC2(CCOC2)C1.I. The first-order valence-corrected chi connectivity index (χ1v) is 7.99. The quantitative estimate of drug-likeness (QED) is 0.329. The highest BCUT2D eigenvalue weighted by Crippen LogP contribution is 2.38. The molecule has 1 aromatic rings. The number of aliphatic imine (C=N–C) groups is 1. The first-order chi connectivity index (χ1) is 11.2. The van der Waals surface area contributed by atoms with Gasteiger partial charge in [-0.15, -0.1) is 24.0 Å². The molecule has 24 heavy (non-hydrogen) atoms. The van der Waals surface area contributed by atoms with Crippen molar-refractivity contribution in [3.05, 3.63) is 24.1 Å². The average Bonchev–Trinajstić information content (AvgIpc) is 3.20. The maximum absolute atomic E-state index is 13.4. The standard InChI is InChI=1S/C16H23FN4O2.HI/c1-18-15(21-8-4-16(11-21)5-9-22-12-16)20-7-10-23-14-13(17)3-2-6-19-14;/h2-3,6H,4-5,7-12H2,1H3,(H,18,20);1H. The van der Waals surface area contributed by atoms with Crippen LogP contribution >= 0.6 is 24.0 Å². The molecule has 2 saturated heterocycles. The number of nitrogens with one attached hydrogen (secondary N) is 1. The van der Waals surface area contributed by atoms with E-state index in [2.05, 4.69) is 20.2 Å². The molecular formula is C16H24FIN4O2. The van der Waals surface area contributed by atoms with Gasteiger partial charge in [0, 0.05) is 38.4 Å². The summed E-state index contributed by atoms with van der Waals surface area (Å²) in [5, 5.41) is 3.27. The van der Waals surface area contributed by atoms with Gasteiger partial charge in [0.05, 0.1) is 13.2 Å². The van der Waals surface area contributed by atoms with Gasteiger partial charge in [0.15, 0.2) is 11.8 Å². The minimum atomic E-state index is -0.445. The van der Waals surface area contributed by atoms with Crippen LogP contribution in [0.4, 0.5) is 4.39 Å². The lowest BCUT2D eigenvalue weighted by atomic mass is 9.87. The van der Waals surface area contributed by atoms with Crippen molar-refractivity contribution in [2.45, 2.75) is 12.8 Å². The number of ether oxygens (including phenoxy) is 2. The number of likely N-dealkylation sites (tertiary alicyclic amines) is 1. The summed E-state index contributed by atoms with van der Waals surface area (Å²) in [6.07, 6.45) is 3.78. The summed E-state index contributed by atoms with van der Waals surface area (Å²) in [6.45, 7) is 4.55. The molecule has 0 amide bonds. The van der Waals surface area contributed by atoms with Gasteiger partial charge >= 0.3 is 0 Å². The zero-order valence-electron chi connectivity index (χ0n) is 13.8. The fraction of sp³-hybridized carbons (Fsp3) is 0.625. The van der Waals surface area contributed by atoms with E-state index in [9.17, 15) is 4.39 Å². The Kier molecular flexibility index (Phi) is 7.02. The summed E-state index contributed by atoms with van der Waals surface area (Å²) in [5.74, 6) is 0.450. The molecule has 2 fully saturated rings. The Hall–Kier alpha value is -1.16. The molecule has 8 heteroatoms. The molecule has 1 unspecified atom stereocenters. The van der Waals surface area contributed by atoms with Gasteiger partial charge in [0.2, 0.25) is 5.88 Å². The summed E-state index contributed by atoms with van der Waals surface area (Å²) >= 11 is 0. The summed E-state index contributed by atoms with van der Waals surface area (Å²) < 4.78 is 24.3. The van der Waals surface area contributed by atoms with E-state index in [0.29, 0.717) is 18.6 Å². The van der Waals surface area contributed by atoms with Gasteiger partial charge in [0.25, 0.3) is 0 Å². The molecule has 0 radical (unpaired) electrons. The van der Waals surface area contributed by atoms with Crippen molar-refractivity contribution in [1.29, 1.82) is 0 Å². The molecule has 1 spiro atoms. The predicted molar refractivity (Wildman–Crippen MR) is 101 cm³/mol. The highest BCUT2D eigenvalue weighted by Gasteiger charge is 2.42. The maximum Gasteiger partial charge on any atom is 0.250 e. The monoisotopic (exact) mass is 450 g/mol. The summed E-state index contributed by atoms with van der Waals surface area (Å²) in [5.41, 5.74) is 0.297. The lowest BCUT2D eigenvalue weighted by molar-refractivity contribution is 0.156. The molecule has 0 aromatic carbocycles. The minimum absolute atomic E-state index is 0. The van der Waals surface area contributed by atoms with E-state index in [1.54, 1.807) is 7.05 Å². The molecule has 1 atom stereocenters. The fourth-order valence-corrected chi connectivity index (χ4v) is 3.21. The van der Waals surface area contributed by atoms with E-state index < -0.39 is 5.82 Å². The third kappa shape index (κ3) is 4.47. The molecule has 0 bridgehead atoms. The van der Waals surface area contributed by atoms with E-state index in [1.807, 2.05) is 0 Å². The van der Waals surface area contributed by atoms with Gasteiger partial charge in [-0.1, -0.05) is 0 Å². The summed E-state index contributed by atoms with van der Waals surface area (Å²) in [4.78, 5) is 10.5. The number of rotatable bonds is 4. The Morgan fingerprint density at radius 3 is 3.12 bits per heavy atom. The van der Waals surface area contributed by atoms with Crippen molar-refractivity contribution in [3.63, 3.8) is 0 Å². The van der Waals surface area contributed by atoms with E-state index >= 15 is 0 Å². The van der Waals surface area contributed by atoms with Gasteiger partial charge in [-0.3, -0.25) is 4.99 Å². The Morgan fingerprint density at radius 2 is 2.42 bits per heavy atom. The third-order valence-corrected chi connectivity index (χ3v) is 4.48. The molecule has 0 saturated carbocycles. The fourth-order valence-electron chi connectivity index (χ4n) is 3.21. The molecule has 3 heterocycles. The van der Waals surface area contributed by atoms with Crippen molar-refractivity contribution < 1.29 is 13.9 Å². The van der Waals surface area contributed by atoms with Crippen LogP contribution in [0.1, 0.15) is 12.8 Å². The van der Waals surface area contributed by atoms with Crippen LogP contribution in [0.15, 0.2) is 23.3 Å². The molecule has 2 aliphatic heterocycles. The topological polar surface area (TPSA) is 59.0 Å². The minimum Gasteiger partial charge on any atom is -0.474 e. The van der Waals surface area contributed by atoms with Crippen LogP contribution in [0.25, 0.3) is 0 Å². The van der Waals surface area contributed by atoms with Crippen LogP contribution in [0, 0.1) is 11.2 Å². The number of aromatic nitrogens is 1. The second-order valence-corrected chi connectivity index (χ2v) is 6.09. The third-order valence-electron chi connectivity index (χ3n) is 4.48. The second kappa shape index (κ2) is 8.80. The van der Waals surface area contributed by atoms with E-state index in [4.69, 9.17) is 9.47 Å². The van der Waals surface area contributed by atoms with E-state index in [1.165, 1.54) is 18.3 Å². The van der Waals surface area contributed by atoms with Crippen LogP contribution in [-0.2, 0) is 4.74 Å². The zero-order valence-corrected chi connectivity index (χ0v) is 16.2. The number of hydrogen-bond acceptors (Lipinski definition) is 4. The highest BCUT2D eigenvalue weighted by molar-refractivity contribution is 14.0. The van der Waals surface area contributed by atoms with Crippen molar-refractivity contribution in [3.8, 4) is 5.88 Å². The Labute approximate surface area is 158 Å². The lowest BCUT2D eigenvalue weighted by Crippen LogP contribution is -2.42. The van der Waals surface area contributed by atoms with Crippen LogP contribution in [0.2, 0.25) is 0 Å². The average molecular weight is 450 g/mol. The molecule has 1 N–H and O–H groups in total. The van der Waals surface area contributed by atoms with Crippen molar-refractivity contribution in [1.82, 2.24) is 15.2 Å². The zero-order chi connectivity index (χ0) is 16.1. The van der Waals surface area contributed by atoms with Gasteiger partial charge < -0.3 is 19.7 Å². The Morgan fingerprint density at radius 1 is 1.54 bits per heavy atom. The van der Waals surface area contributed by atoms with Crippen LogP contribution in [-0.4, -0.2) is 62.3 Å². The molecule has 3 rings (SSSR count). The first kappa shape index (κ1) is 19.2. The highest BCUT2D eigenvalue weighted by atomic mass is 127. The normalized spacial score (nSPS) is 23.4. The molecule has 6 nitrogen and oxygen atoms in total. The smallest absolute Gasteiger partial charge is 0.250 e. The molecule has 1 aromatic heterocycles. The maximum atomic E-state index is 13.4. The molecule has 2 aliphatic rings. The first-order valence-electron chi connectivity index (χ1n) is 7.99. The largest absolute Gasteiger partial charge is 0.474 e. The Balaban J connectivity index is 0.00000208. The molecule has 134 valence electrons. The number of nitrogens with zero attached hydrogens (tertiary/aromatic N) is 3. The van der Waals surface area contributed by atoms with Crippen LogP contribution < -0.4 is 10.1 Å². The number of pyridine rings is 1. The van der Waals surface area contributed by atoms with Gasteiger partial charge in [-0.25, -0.2) is 9.37 Å². The van der Waals surface area contributed by atoms with Crippen LogP contribution in [0.3, 0.4) is 0 Å². The number of halogens is 2. The van der Waals surface area contributed by atoms with Gasteiger partial charge in [0.1, 0.15) is 6.61 Å². The van der Waals surface area contributed by atoms with Gasteiger partial charge in [-0.2, -0.15) is 0 Å². The summed E-state index contributed by atoms with van der Waals surface area (Å²) in [7, 11) is 1.78. The van der Waals surface area contributed by atoms with E-state index in [0.717, 1.165) is 45.1 Å². The second-order valence-electron chi connectivity index (χ2n) is 6.09. The number of hydrogen-bond donors (Lipinski definition) is 1. The molecular weight excluding hydrogens is 426 g/mol. The summed E-state index contributed by atoms with van der Waals surface area (Å²) in [6, 6.07) is 2.88. The number of guanidine groups is 1. The van der Waals surface area contributed by atoms with Crippen molar-refractivity contribution in [2.75, 3.05) is 46.5 Å².